The fourth-order valence-corrected chi connectivity index (χ4v) is 3.03. The quantitative estimate of drug-likeness (QED) is 0.673. The lowest BCUT2D eigenvalue weighted by molar-refractivity contribution is -0.137. The highest BCUT2D eigenvalue weighted by molar-refractivity contribution is 5.70. The third-order valence-electron chi connectivity index (χ3n) is 4.34. The summed E-state index contributed by atoms with van der Waals surface area (Å²) < 4.78 is 48.9. The van der Waals surface area contributed by atoms with Gasteiger partial charge >= 0.3 is 6.18 Å². The molecule has 146 valence electrons. The number of aryl methyl sites for hydroxylation is 1. The summed E-state index contributed by atoms with van der Waals surface area (Å²) in [5.41, 5.74) is -0.0859. The van der Waals surface area contributed by atoms with Crippen molar-refractivity contribution in [2.45, 2.75) is 25.6 Å². The Hall–Kier alpha value is -3.17. The number of hydrogen-bond acceptors (Lipinski definition) is 7. The number of halogens is 3. The standard InChI is InChI=1S/C18H16F3N5O2/c1-11-24-17(28-25-11)14-3-2-7-22-16(14)26-8-6-13(10-26)27-15-5-4-12(9-23-15)18(19,20)21/h2-5,7,9,13H,6,8,10H2,1H3. The fraction of sp³-hybridized carbons (Fsp3) is 0.333. The molecule has 3 aromatic heterocycles. The Morgan fingerprint density at radius 1 is 1.21 bits per heavy atom. The maximum absolute atomic E-state index is 12.6. The van der Waals surface area contributed by atoms with Crippen molar-refractivity contribution in [1.82, 2.24) is 20.1 Å². The molecule has 1 aliphatic rings. The number of anilines is 1. The van der Waals surface area contributed by atoms with Crippen LogP contribution in [0.4, 0.5) is 19.0 Å². The van der Waals surface area contributed by atoms with Crippen LogP contribution in [0.25, 0.3) is 11.5 Å². The first-order valence-corrected chi connectivity index (χ1v) is 8.61. The lowest BCUT2D eigenvalue weighted by Gasteiger charge is -2.19. The van der Waals surface area contributed by atoms with E-state index in [4.69, 9.17) is 9.26 Å². The van der Waals surface area contributed by atoms with Crippen LogP contribution >= 0.6 is 0 Å². The van der Waals surface area contributed by atoms with Crippen molar-refractivity contribution in [2.75, 3.05) is 18.0 Å². The van der Waals surface area contributed by atoms with Gasteiger partial charge in [-0.25, -0.2) is 9.97 Å². The van der Waals surface area contributed by atoms with Crippen LogP contribution in [0.1, 0.15) is 17.8 Å². The SMILES string of the molecule is Cc1noc(-c2cccnc2N2CCC(Oc3ccc(C(F)(F)F)cn3)C2)n1. The summed E-state index contributed by atoms with van der Waals surface area (Å²) in [5.74, 6) is 1.77. The van der Waals surface area contributed by atoms with Crippen molar-refractivity contribution >= 4 is 5.82 Å². The van der Waals surface area contributed by atoms with Crippen LogP contribution in [0.5, 0.6) is 5.88 Å². The number of pyridine rings is 2. The Morgan fingerprint density at radius 2 is 2.07 bits per heavy atom. The average molecular weight is 391 g/mol. The highest BCUT2D eigenvalue weighted by Gasteiger charge is 2.31. The third-order valence-corrected chi connectivity index (χ3v) is 4.34. The van der Waals surface area contributed by atoms with Gasteiger partial charge in [0.1, 0.15) is 11.9 Å². The molecule has 10 heteroatoms. The molecule has 4 heterocycles. The van der Waals surface area contributed by atoms with Crippen LogP contribution in [-0.4, -0.2) is 39.3 Å². The van der Waals surface area contributed by atoms with Crippen molar-refractivity contribution in [1.29, 1.82) is 0 Å². The summed E-state index contributed by atoms with van der Waals surface area (Å²) in [5, 5.41) is 3.81. The molecule has 1 unspecified atom stereocenters. The Balaban J connectivity index is 1.46. The summed E-state index contributed by atoms with van der Waals surface area (Å²) in [6.45, 7) is 2.92. The summed E-state index contributed by atoms with van der Waals surface area (Å²) in [6.07, 6.45) is -1.51. The Morgan fingerprint density at radius 3 is 2.75 bits per heavy atom. The zero-order valence-electron chi connectivity index (χ0n) is 14.8. The minimum atomic E-state index is -4.42. The van der Waals surface area contributed by atoms with E-state index >= 15 is 0 Å². The van der Waals surface area contributed by atoms with Crippen LogP contribution < -0.4 is 9.64 Å². The Labute approximate surface area is 158 Å². The minimum absolute atomic E-state index is 0.161. The average Bonchev–Trinajstić information content (AvgIpc) is 3.30. The van der Waals surface area contributed by atoms with Crippen LogP contribution in [-0.2, 0) is 6.18 Å². The number of ether oxygens (including phenoxy) is 1. The first kappa shape index (κ1) is 18.2. The predicted octanol–water partition coefficient (Wildman–Crippen LogP) is 3.51. The Kier molecular flexibility index (Phi) is 4.62. The van der Waals surface area contributed by atoms with E-state index in [9.17, 15) is 13.2 Å². The summed E-state index contributed by atoms with van der Waals surface area (Å²) in [7, 11) is 0. The van der Waals surface area contributed by atoms with Gasteiger partial charge in [-0.15, -0.1) is 0 Å². The number of rotatable bonds is 4. The van der Waals surface area contributed by atoms with Gasteiger partial charge < -0.3 is 14.2 Å². The first-order valence-electron chi connectivity index (χ1n) is 8.61. The predicted molar refractivity (Wildman–Crippen MR) is 92.8 cm³/mol. The molecule has 1 saturated heterocycles. The smallest absolute Gasteiger partial charge is 0.417 e. The molecule has 0 radical (unpaired) electrons. The van der Waals surface area contributed by atoms with Gasteiger partial charge in [-0.1, -0.05) is 5.16 Å². The normalized spacial score (nSPS) is 17.1. The molecule has 3 aromatic rings. The molecule has 0 aliphatic carbocycles. The molecule has 0 spiro atoms. The van der Waals surface area contributed by atoms with Crippen molar-refractivity contribution in [3.05, 3.63) is 48.0 Å². The molecule has 1 aliphatic heterocycles. The van der Waals surface area contributed by atoms with Crippen molar-refractivity contribution in [2.24, 2.45) is 0 Å². The maximum atomic E-state index is 12.6. The lowest BCUT2D eigenvalue weighted by atomic mass is 10.2. The second-order valence-electron chi connectivity index (χ2n) is 6.38. The molecule has 28 heavy (non-hydrogen) atoms. The molecule has 7 nitrogen and oxygen atoms in total. The van der Waals surface area contributed by atoms with Gasteiger partial charge in [0.2, 0.25) is 5.88 Å². The van der Waals surface area contributed by atoms with Crippen LogP contribution in [0.15, 0.2) is 41.2 Å². The topological polar surface area (TPSA) is 77.2 Å². The number of alkyl halides is 3. The third kappa shape index (κ3) is 3.75. The number of aromatic nitrogens is 4. The summed E-state index contributed by atoms with van der Waals surface area (Å²) in [4.78, 5) is 14.5. The molecule has 4 rings (SSSR count). The molecule has 1 fully saturated rings. The zero-order valence-corrected chi connectivity index (χ0v) is 14.8. The van der Waals surface area contributed by atoms with Gasteiger partial charge in [0.05, 0.1) is 17.7 Å². The van der Waals surface area contributed by atoms with E-state index < -0.39 is 11.7 Å². The Bertz CT molecular complexity index is 958. The van der Waals surface area contributed by atoms with Crippen LogP contribution in [0.3, 0.4) is 0 Å². The number of nitrogens with zero attached hydrogens (tertiary/aromatic N) is 5. The summed E-state index contributed by atoms with van der Waals surface area (Å²) >= 11 is 0. The first-order chi connectivity index (χ1) is 13.4. The molecule has 0 amide bonds. The monoisotopic (exact) mass is 391 g/mol. The molecule has 0 saturated carbocycles. The van der Waals surface area contributed by atoms with Gasteiger partial charge in [0.15, 0.2) is 5.82 Å². The minimum Gasteiger partial charge on any atom is -0.472 e. The highest BCUT2D eigenvalue weighted by Crippen LogP contribution is 2.32. The molecule has 1 atom stereocenters. The fourth-order valence-electron chi connectivity index (χ4n) is 3.03. The highest BCUT2D eigenvalue weighted by atomic mass is 19.4. The van der Waals surface area contributed by atoms with E-state index in [0.29, 0.717) is 37.0 Å². The van der Waals surface area contributed by atoms with E-state index in [0.717, 1.165) is 17.8 Å². The van der Waals surface area contributed by atoms with Gasteiger partial charge in [0, 0.05) is 31.4 Å². The molecular weight excluding hydrogens is 375 g/mol. The van der Waals surface area contributed by atoms with Crippen molar-refractivity contribution in [3.8, 4) is 17.3 Å². The maximum Gasteiger partial charge on any atom is 0.417 e. The second kappa shape index (κ2) is 7.10. The van der Waals surface area contributed by atoms with E-state index in [1.807, 2.05) is 11.0 Å². The largest absolute Gasteiger partial charge is 0.472 e. The molecular formula is C18H16F3N5O2. The van der Waals surface area contributed by atoms with Gasteiger partial charge in [-0.05, 0) is 25.1 Å². The number of hydrogen-bond donors (Lipinski definition) is 0. The summed E-state index contributed by atoms with van der Waals surface area (Å²) in [6, 6.07) is 5.83. The van der Waals surface area contributed by atoms with Crippen LogP contribution in [0.2, 0.25) is 0 Å². The van der Waals surface area contributed by atoms with Crippen molar-refractivity contribution < 1.29 is 22.4 Å². The van der Waals surface area contributed by atoms with Gasteiger partial charge in [-0.3, -0.25) is 0 Å². The van der Waals surface area contributed by atoms with E-state index in [2.05, 4.69) is 20.1 Å². The van der Waals surface area contributed by atoms with E-state index in [-0.39, 0.29) is 12.0 Å². The zero-order chi connectivity index (χ0) is 19.7. The molecule has 0 aromatic carbocycles. The van der Waals surface area contributed by atoms with Gasteiger partial charge in [-0.2, -0.15) is 18.2 Å². The van der Waals surface area contributed by atoms with Crippen LogP contribution in [0, 0.1) is 6.92 Å². The van der Waals surface area contributed by atoms with E-state index in [1.165, 1.54) is 6.07 Å². The molecule has 0 N–H and O–H groups in total. The van der Waals surface area contributed by atoms with E-state index in [1.54, 1.807) is 19.2 Å². The second-order valence-corrected chi connectivity index (χ2v) is 6.38. The molecule has 0 bridgehead atoms. The van der Waals surface area contributed by atoms with Gasteiger partial charge in [0.25, 0.3) is 5.89 Å². The lowest BCUT2D eigenvalue weighted by Crippen LogP contribution is -2.26. The van der Waals surface area contributed by atoms with Crippen molar-refractivity contribution in [3.63, 3.8) is 0 Å².